The molecule has 0 unspecified atom stereocenters. The van der Waals surface area contributed by atoms with Gasteiger partial charge < -0.3 is 14.2 Å². The number of carbonyl (C=O) groups excluding carboxylic acids is 2. The van der Waals surface area contributed by atoms with Crippen LogP contribution in [-0.4, -0.2) is 56.7 Å². The fraction of sp³-hybridized carbons (Fsp3) is 0.440. The third-order valence-corrected chi connectivity index (χ3v) is 5.37. The van der Waals surface area contributed by atoms with E-state index in [1.54, 1.807) is 24.3 Å². The van der Waals surface area contributed by atoms with Crippen LogP contribution in [0.2, 0.25) is 0 Å². The Labute approximate surface area is 195 Å². The molecule has 0 atom stereocenters. The van der Waals surface area contributed by atoms with Crippen molar-refractivity contribution in [3.05, 3.63) is 59.2 Å². The average molecular weight is 456 g/mol. The molecule has 0 aromatic heterocycles. The number of hydrazine groups is 1. The van der Waals surface area contributed by atoms with Gasteiger partial charge in [0.15, 0.2) is 11.5 Å². The fourth-order valence-corrected chi connectivity index (χ4v) is 3.42. The third-order valence-electron chi connectivity index (χ3n) is 5.37. The van der Waals surface area contributed by atoms with Gasteiger partial charge in [0, 0.05) is 30.8 Å². The van der Waals surface area contributed by atoms with Gasteiger partial charge in [-0.05, 0) is 48.2 Å². The van der Waals surface area contributed by atoms with Gasteiger partial charge in [-0.25, -0.2) is 0 Å². The summed E-state index contributed by atoms with van der Waals surface area (Å²) < 4.78 is 16.5. The predicted octanol–water partition coefficient (Wildman–Crippen LogP) is 3.03. The lowest BCUT2D eigenvalue weighted by Crippen LogP contribution is -2.41. The normalized spacial score (nSPS) is 14.1. The Kier molecular flexibility index (Phi) is 9.09. The van der Waals surface area contributed by atoms with E-state index >= 15 is 0 Å². The van der Waals surface area contributed by atoms with Gasteiger partial charge in [0.1, 0.15) is 0 Å². The van der Waals surface area contributed by atoms with Crippen molar-refractivity contribution in [1.29, 1.82) is 0 Å². The molecule has 1 aliphatic heterocycles. The maximum atomic E-state index is 12.6. The molecule has 1 heterocycles. The summed E-state index contributed by atoms with van der Waals surface area (Å²) in [4.78, 5) is 27.4. The number of benzene rings is 2. The number of carbonyl (C=O) groups is 2. The van der Waals surface area contributed by atoms with Crippen LogP contribution in [0.4, 0.5) is 0 Å². The van der Waals surface area contributed by atoms with E-state index in [1.807, 2.05) is 18.2 Å². The van der Waals surface area contributed by atoms with E-state index in [4.69, 9.17) is 14.2 Å². The van der Waals surface area contributed by atoms with E-state index in [9.17, 15) is 9.59 Å². The van der Waals surface area contributed by atoms with Gasteiger partial charge in [0.05, 0.1) is 26.9 Å². The SMILES string of the molecule is COc1cc(C(=O)NNC(=O)c2cccc(CN3CCOCC3)c2)ccc1OCCC(C)C. The molecule has 1 fully saturated rings. The summed E-state index contributed by atoms with van der Waals surface area (Å²) in [5.41, 5.74) is 6.81. The molecule has 33 heavy (non-hydrogen) atoms. The molecule has 2 amide bonds. The third kappa shape index (κ3) is 7.47. The Balaban J connectivity index is 1.55. The highest BCUT2D eigenvalue weighted by Crippen LogP contribution is 2.28. The number of rotatable bonds is 9. The van der Waals surface area contributed by atoms with E-state index in [0.717, 1.165) is 44.8 Å². The molecule has 1 saturated heterocycles. The fourth-order valence-electron chi connectivity index (χ4n) is 3.42. The Morgan fingerprint density at radius 1 is 1.00 bits per heavy atom. The molecular formula is C25H33N3O5. The number of ether oxygens (including phenoxy) is 3. The maximum absolute atomic E-state index is 12.6. The van der Waals surface area contributed by atoms with Gasteiger partial charge in [0.2, 0.25) is 0 Å². The highest BCUT2D eigenvalue weighted by molar-refractivity contribution is 5.99. The number of nitrogens with one attached hydrogen (secondary N) is 2. The molecule has 1 aliphatic rings. The first-order valence-electron chi connectivity index (χ1n) is 11.3. The lowest BCUT2D eigenvalue weighted by atomic mass is 10.1. The first-order chi connectivity index (χ1) is 16.0. The molecule has 3 rings (SSSR count). The molecule has 0 radical (unpaired) electrons. The van der Waals surface area contributed by atoms with Crippen LogP contribution in [0.5, 0.6) is 11.5 Å². The molecule has 0 aliphatic carbocycles. The molecule has 0 saturated carbocycles. The molecule has 2 N–H and O–H groups in total. The Morgan fingerprint density at radius 2 is 1.70 bits per heavy atom. The summed E-state index contributed by atoms with van der Waals surface area (Å²) >= 11 is 0. The van der Waals surface area contributed by atoms with Crippen LogP contribution in [-0.2, 0) is 11.3 Å². The largest absolute Gasteiger partial charge is 0.493 e. The quantitative estimate of drug-likeness (QED) is 0.565. The van der Waals surface area contributed by atoms with Crippen LogP contribution >= 0.6 is 0 Å². The minimum Gasteiger partial charge on any atom is -0.493 e. The summed E-state index contributed by atoms with van der Waals surface area (Å²) in [7, 11) is 1.53. The number of hydrogen-bond donors (Lipinski definition) is 2. The van der Waals surface area contributed by atoms with Crippen LogP contribution in [0.15, 0.2) is 42.5 Å². The minimum atomic E-state index is -0.445. The predicted molar refractivity (Wildman–Crippen MR) is 125 cm³/mol. The second kappa shape index (κ2) is 12.2. The number of methoxy groups -OCH3 is 1. The van der Waals surface area contributed by atoms with E-state index in [0.29, 0.717) is 35.2 Å². The van der Waals surface area contributed by atoms with Crippen LogP contribution in [0.1, 0.15) is 46.5 Å². The van der Waals surface area contributed by atoms with E-state index in [1.165, 1.54) is 7.11 Å². The summed E-state index contributed by atoms with van der Waals surface area (Å²) in [5.74, 6) is 0.752. The molecule has 8 heteroatoms. The van der Waals surface area contributed by atoms with Crippen molar-refractivity contribution in [3.8, 4) is 11.5 Å². The zero-order valence-electron chi connectivity index (χ0n) is 19.6. The van der Waals surface area contributed by atoms with Gasteiger partial charge in [-0.2, -0.15) is 0 Å². The van der Waals surface area contributed by atoms with Crippen molar-refractivity contribution < 1.29 is 23.8 Å². The van der Waals surface area contributed by atoms with Gasteiger partial charge in [-0.3, -0.25) is 25.3 Å². The minimum absolute atomic E-state index is 0.351. The summed E-state index contributed by atoms with van der Waals surface area (Å²) in [6.45, 7) is 8.77. The Bertz CT molecular complexity index is 941. The zero-order valence-corrected chi connectivity index (χ0v) is 19.6. The topological polar surface area (TPSA) is 89.1 Å². The Hall–Kier alpha value is -3.10. The highest BCUT2D eigenvalue weighted by atomic mass is 16.5. The van der Waals surface area contributed by atoms with Gasteiger partial charge in [-0.1, -0.05) is 26.0 Å². The average Bonchev–Trinajstić information content (AvgIpc) is 2.83. The van der Waals surface area contributed by atoms with Crippen molar-refractivity contribution in [2.24, 2.45) is 5.92 Å². The molecule has 2 aromatic carbocycles. The van der Waals surface area contributed by atoms with Crippen molar-refractivity contribution in [2.75, 3.05) is 40.0 Å². The number of hydrogen-bond acceptors (Lipinski definition) is 6. The van der Waals surface area contributed by atoms with Crippen LogP contribution in [0.3, 0.4) is 0 Å². The second-order valence-electron chi connectivity index (χ2n) is 8.39. The van der Waals surface area contributed by atoms with Gasteiger partial charge in [0.25, 0.3) is 11.8 Å². The molecular weight excluding hydrogens is 422 g/mol. The molecule has 0 spiro atoms. The smallest absolute Gasteiger partial charge is 0.269 e. The Morgan fingerprint density at radius 3 is 2.36 bits per heavy atom. The van der Waals surface area contributed by atoms with Crippen LogP contribution in [0, 0.1) is 5.92 Å². The summed E-state index contributed by atoms with van der Waals surface area (Å²) in [5, 5.41) is 0. The molecule has 0 bridgehead atoms. The standard InChI is InChI=1S/C25H33N3O5/c1-18(2)9-12-33-22-8-7-21(16-23(22)31-3)25(30)27-26-24(29)20-6-4-5-19(15-20)17-28-10-13-32-14-11-28/h4-8,15-16,18H,9-14,17H2,1-3H3,(H,26,29)(H,27,30). The lowest BCUT2D eigenvalue weighted by Gasteiger charge is -2.26. The summed E-state index contributed by atoms with van der Waals surface area (Å²) in [6, 6.07) is 12.3. The monoisotopic (exact) mass is 455 g/mol. The van der Waals surface area contributed by atoms with E-state index in [-0.39, 0.29) is 5.91 Å². The van der Waals surface area contributed by atoms with E-state index < -0.39 is 5.91 Å². The summed E-state index contributed by atoms with van der Waals surface area (Å²) in [6.07, 6.45) is 0.922. The van der Waals surface area contributed by atoms with Gasteiger partial charge in [-0.15, -0.1) is 0 Å². The number of morpholine rings is 1. The lowest BCUT2D eigenvalue weighted by molar-refractivity contribution is 0.0342. The molecule has 178 valence electrons. The van der Waals surface area contributed by atoms with Crippen molar-refractivity contribution in [2.45, 2.75) is 26.8 Å². The highest BCUT2D eigenvalue weighted by Gasteiger charge is 2.15. The zero-order chi connectivity index (χ0) is 23.6. The van der Waals surface area contributed by atoms with Crippen molar-refractivity contribution >= 4 is 11.8 Å². The van der Waals surface area contributed by atoms with E-state index in [2.05, 4.69) is 29.6 Å². The first-order valence-corrected chi connectivity index (χ1v) is 11.3. The maximum Gasteiger partial charge on any atom is 0.269 e. The molecule has 2 aromatic rings. The van der Waals surface area contributed by atoms with Gasteiger partial charge >= 0.3 is 0 Å². The number of nitrogens with zero attached hydrogens (tertiary/aromatic N) is 1. The first kappa shape index (κ1) is 24.5. The van der Waals surface area contributed by atoms with Crippen molar-refractivity contribution in [1.82, 2.24) is 15.8 Å². The molecule has 8 nitrogen and oxygen atoms in total. The van der Waals surface area contributed by atoms with Crippen LogP contribution < -0.4 is 20.3 Å². The van der Waals surface area contributed by atoms with Crippen molar-refractivity contribution in [3.63, 3.8) is 0 Å². The second-order valence-corrected chi connectivity index (χ2v) is 8.39. The van der Waals surface area contributed by atoms with Crippen LogP contribution in [0.25, 0.3) is 0 Å². The number of amides is 2.